The highest BCUT2D eigenvalue weighted by atomic mass is 16.7. The Labute approximate surface area is 246 Å². The first-order chi connectivity index (χ1) is 19.3. The zero-order chi connectivity index (χ0) is 32.0. The van der Waals surface area contributed by atoms with Gasteiger partial charge in [0.25, 0.3) is 0 Å². The predicted molar refractivity (Wildman–Crippen MR) is 144 cm³/mol. The molecule has 1 N–H and O–H groups in total. The topological polar surface area (TPSA) is 170 Å². The lowest BCUT2D eigenvalue weighted by Crippen LogP contribution is -2.69. The van der Waals surface area contributed by atoms with Crippen LogP contribution in [0.25, 0.3) is 0 Å². The van der Waals surface area contributed by atoms with Crippen LogP contribution in [0.2, 0.25) is 0 Å². The van der Waals surface area contributed by atoms with Crippen molar-refractivity contribution in [3.05, 3.63) is 12.2 Å². The summed E-state index contributed by atoms with van der Waals surface area (Å²) in [6, 6.07) is 0. The van der Waals surface area contributed by atoms with Gasteiger partial charge in [-0.05, 0) is 39.2 Å². The Morgan fingerprint density at radius 1 is 0.833 bits per heavy atom. The van der Waals surface area contributed by atoms with Gasteiger partial charge in [0.15, 0.2) is 30.2 Å². The lowest BCUT2D eigenvalue weighted by atomic mass is 9.58. The maximum absolute atomic E-state index is 12.5. The molecule has 2 aliphatic rings. The van der Waals surface area contributed by atoms with Crippen LogP contribution in [0.4, 0.5) is 0 Å². The quantitative estimate of drug-likeness (QED) is 0.220. The molecule has 0 aromatic heterocycles. The summed E-state index contributed by atoms with van der Waals surface area (Å²) in [6.07, 6.45) is -3.12. The van der Waals surface area contributed by atoms with Crippen molar-refractivity contribution in [3.63, 3.8) is 0 Å². The summed E-state index contributed by atoms with van der Waals surface area (Å²) in [5.74, 6) is -3.56. The van der Waals surface area contributed by atoms with Crippen molar-refractivity contribution < 1.29 is 62.2 Å². The molecule has 2 fully saturated rings. The molecule has 238 valence electrons. The molecule has 0 radical (unpaired) electrons. The molecule has 42 heavy (non-hydrogen) atoms. The van der Waals surface area contributed by atoms with E-state index in [1.807, 2.05) is 13.8 Å². The number of aliphatic hydroxyl groups excluding tert-OH is 1. The van der Waals surface area contributed by atoms with Crippen LogP contribution in [0.3, 0.4) is 0 Å². The van der Waals surface area contributed by atoms with Gasteiger partial charge in [0, 0.05) is 40.0 Å². The Bertz CT molecular complexity index is 1050. The third-order valence-corrected chi connectivity index (χ3v) is 7.49. The summed E-state index contributed by atoms with van der Waals surface area (Å²) in [7, 11) is 0. The van der Waals surface area contributed by atoms with Crippen LogP contribution in [-0.4, -0.2) is 89.6 Å². The SMILES string of the molecule is CC(=O)OC[C@H]1O[C@@H](O[C@]2(C)CCCC(C)(C)[C@@]2(/C=C/[C@@H](C)O)OC(C)=O)[C@H](OC(C)=O)[C@@H](OC(C)=O)[C@@H]1OC(C)=O. The van der Waals surface area contributed by atoms with Gasteiger partial charge in [-0.1, -0.05) is 19.9 Å². The number of ether oxygens (including phenoxy) is 7. The molecule has 0 spiro atoms. The van der Waals surface area contributed by atoms with Gasteiger partial charge in [0.05, 0.1) is 6.10 Å². The van der Waals surface area contributed by atoms with E-state index < -0.39 is 89.9 Å². The van der Waals surface area contributed by atoms with Crippen LogP contribution < -0.4 is 0 Å². The van der Waals surface area contributed by atoms with E-state index in [-0.39, 0.29) is 0 Å². The molecule has 1 heterocycles. The van der Waals surface area contributed by atoms with E-state index in [1.165, 1.54) is 19.9 Å². The fourth-order valence-electron chi connectivity index (χ4n) is 5.82. The lowest BCUT2D eigenvalue weighted by Gasteiger charge is -2.58. The van der Waals surface area contributed by atoms with Crippen molar-refractivity contribution in [2.75, 3.05) is 6.61 Å². The van der Waals surface area contributed by atoms with E-state index in [0.717, 1.165) is 20.8 Å². The van der Waals surface area contributed by atoms with E-state index in [2.05, 4.69) is 0 Å². The Balaban J connectivity index is 2.74. The number of rotatable bonds is 10. The molecule has 0 bridgehead atoms. The molecule has 13 nitrogen and oxygen atoms in total. The minimum absolute atomic E-state index is 0.334. The van der Waals surface area contributed by atoms with Gasteiger partial charge in [0.2, 0.25) is 0 Å². The lowest BCUT2D eigenvalue weighted by molar-refractivity contribution is -0.354. The minimum atomic E-state index is -1.49. The van der Waals surface area contributed by atoms with Crippen LogP contribution in [0.1, 0.15) is 81.6 Å². The Hall–Kier alpha value is -3.03. The molecule has 0 aromatic carbocycles. The van der Waals surface area contributed by atoms with Crippen molar-refractivity contribution in [1.29, 1.82) is 0 Å². The minimum Gasteiger partial charge on any atom is -0.463 e. The first kappa shape index (κ1) is 35.2. The molecule has 0 aromatic rings. The van der Waals surface area contributed by atoms with Gasteiger partial charge in [0.1, 0.15) is 18.3 Å². The molecule has 0 unspecified atom stereocenters. The van der Waals surface area contributed by atoms with Crippen LogP contribution >= 0.6 is 0 Å². The maximum atomic E-state index is 12.5. The van der Waals surface area contributed by atoms with Crippen LogP contribution in [-0.2, 0) is 57.1 Å². The van der Waals surface area contributed by atoms with Crippen molar-refractivity contribution in [2.45, 2.75) is 130 Å². The zero-order valence-corrected chi connectivity index (χ0v) is 25.8. The van der Waals surface area contributed by atoms with Gasteiger partial charge in [-0.3, -0.25) is 24.0 Å². The van der Waals surface area contributed by atoms with E-state index in [1.54, 1.807) is 19.9 Å². The normalized spacial score (nSPS) is 33.2. The smallest absolute Gasteiger partial charge is 0.303 e. The Morgan fingerprint density at radius 3 is 1.88 bits per heavy atom. The van der Waals surface area contributed by atoms with Gasteiger partial charge >= 0.3 is 29.8 Å². The first-order valence-electron chi connectivity index (χ1n) is 13.9. The summed E-state index contributed by atoms with van der Waals surface area (Å²) >= 11 is 0. The fourth-order valence-corrected chi connectivity index (χ4v) is 5.82. The summed E-state index contributed by atoms with van der Waals surface area (Å²) in [6.45, 7) is 12.5. The molecule has 1 aliphatic heterocycles. The monoisotopic (exact) mass is 600 g/mol. The van der Waals surface area contributed by atoms with Crippen LogP contribution in [0, 0.1) is 5.41 Å². The average Bonchev–Trinajstić information content (AvgIpc) is 2.82. The second kappa shape index (κ2) is 14.0. The molecule has 13 heteroatoms. The molecule has 0 amide bonds. The van der Waals surface area contributed by atoms with E-state index in [0.29, 0.717) is 19.3 Å². The molecule has 1 aliphatic carbocycles. The fraction of sp³-hybridized carbons (Fsp3) is 0.759. The van der Waals surface area contributed by atoms with E-state index in [4.69, 9.17) is 33.2 Å². The number of aliphatic hydroxyl groups is 1. The van der Waals surface area contributed by atoms with Crippen molar-refractivity contribution >= 4 is 29.8 Å². The van der Waals surface area contributed by atoms with Gasteiger partial charge in [-0.25, -0.2) is 0 Å². The molecule has 8 atom stereocenters. The first-order valence-corrected chi connectivity index (χ1v) is 13.9. The third kappa shape index (κ3) is 8.29. The third-order valence-electron chi connectivity index (χ3n) is 7.49. The summed E-state index contributed by atoms with van der Waals surface area (Å²) in [4.78, 5) is 60.7. The molecule has 2 rings (SSSR count). The second-order valence-electron chi connectivity index (χ2n) is 11.6. The molecule has 1 saturated carbocycles. The highest BCUT2D eigenvalue weighted by Gasteiger charge is 2.64. The van der Waals surface area contributed by atoms with Crippen molar-refractivity contribution in [3.8, 4) is 0 Å². The van der Waals surface area contributed by atoms with Gasteiger partial charge < -0.3 is 38.3 Å². The average molecular weight is 601 g/mol. The molecule has 1 saturated heterocycles. The molecular formula is C29H44O13. The van der Waals surface area contributed by atoms with E-state index >= 15 is 0 Å². The maximum Gasteiger partial charge on any atom is 0.303 e. The van der Waals surface area contributed by atoms with Crippen LogP contribution in [0.5, 0.6) is 0 Å². The summed E-state index contributed by atoms with van der Waals surface area (Å²) in [5.41, 5.74) is -3.55. The number of carbonyl (C=O) groups is 5. The zero-order valence-electron chi connectivity index (χ0n) is 25.8. The van der Waals surface area contributed by atoms with Crippen molar-refractivity contribution in [1.82, 2.24) is 0 Å². The number of esters is 5. The summed E-state index contributed by atoms with van der Waals surface area (Å²) < 4.78 is 40.5. The second-order valence-corrected chi connectivity index (χ2v) is 11.6. The highest BCUT2D eigenvalue weighted by molar-refractivity contribution is 5.69. The largest absolute Gasteiger partial charge is 0.463 e. The van der Waals surface area contributed by atoms with Gasteiger partial charge in [-0.2, -0.15) is 0 Å². The highest BCUT2D eigenvalue weighted by Crippen LogP contribution is 2.55. The predicted octanol–water partition coefficient (Wildman–Crippen LogP) is 2.29. The Morgan fingerprint density at radius 2 is 1.38 bits per heavy atom. The van der Waals surface area contributed by atoms with Crippen molar-refractivity contribution in [2.24, 2.45) is 5.41 Å². The van der Waals surface area contributed by atoms with E-state index in [9.17, 15) is 29.1 Å². The number of carbonyl (C=O) groups excluding carboxylic acids is 5. The van der Waals surface area contributed by atoms with Gasteiger partial charge in [-0.15, -0.1) is 0 Å². The number of hydrogen-bond acceptors (Lipinski definition) is 13. The summed E-state index contributed by atoms with van der Waals surface area (Å²) in [5, 5.41) is 10.1. The Kier molecular flexibility index (Phi) is 11.7. The number of hydrogen-bond donors (Lipinski definition) is 1. The van der Waals surface area contributed by atoms with Crippen LogP contribution in [0.15, 0.2) is 12.2 Å². The standard InChI is InChI=1S/C29H44O13/c1-16(30)11-14-29(41-21(6)35)27(7,8)12-10-13-28(29,9)42-26-25(39-20(5)34)24(38-19(4)33)23(37-18(3)32)22(40-26)15-36-17(2)31/h11,14,16,22-26,30H,10,12-13,15H2,1-9H3/b14-11+/t16-,22-,23-,24+,25-,26+,28-,29-/m1/s1. The molecular weight excluding hydrogens is 556 g/mol.